The maximum absolute atomic E-state index is 11.9. The highest BCUT2D eigenvalue weighted by molar-refractivity contribution is 8.04. The van der Waals surface area contributed by atoms with Gasteiger partial charge in [0, 0.05) is 11.4 Å². The number of thioether (sulfide) groups is 1. The molecule has 1 fully saturated rings. The third-order valence-corrected chi connectivity index (χ3v) is 4.48. The van der Waals surface area contributed by atoms with Gasteiger partial charge < -0.3 is 15.5 Å². The van der Waals surface area contributed by atoms with Crippen molar-refractivity contribution < 1.29 is 19.8 Å². The van der Waals surface area contributed by atoms with Crippen LogP contribution in [0.3, 0.4) is 0 Å². The number of β-lactam (4-membered cyclic amide) rings is 1. The molecule has 2 heterocycles. The van der Waals surface area contributed by atoms with Gasteiger partial charge in [-0.05, 0) is 13.5 Å². The van der Waals surface area contributed by atoms with Crippen molar-refractivity contribution in [3.8, 4) is 0 Å². The molecule has 0 unspecified atom stereocenters. The van der Waals surface area contributed by atoms with Crippen molar-refractivity contribution in [3.05, 3.63) is 10.6 Å². The van der Waals surface area contributed by atoms with Crippen molar-refractivity contribution in [3.63, 3.8) is 0 Å². The second-order valence-corrected chi connectivity index (χ2v) is 5.55. The molecule has 2 aliphatic heterocycles. The van der Waals surface area contributed by atoms with Gasteiger partial charge in [0.15, 0.2) is 0 Å². The molecule has 0 radical (unpaired) electrons. The number of carbonyl (C=O) groups excluding carboxylic acids is 1. The average molecular weight is 272 g/mol. The van der Waals surface area contributed by atoms with Gasteiger partial charge in [0.1, 0.15) is 11.1 Å². The lowest BCUT2D eigenvalue weighted by Crippen LogP contribution is -2.60. The number of rotatable bonds is 5. The minimum Gasteiger partial charge on any atom is -0.477 e. The fourth-order valence-electron chi connectivity index (χ4n) is 2.22. The smallest absolute Gasteiger partial charge is 0.353 e. The summed E-state index contributed by atoms with van der Waals surface area (Å²) in [7, 11) is 0. The van der Waals surface area contributed by atoms with Gasteiger partial charge >= 0.3 is 5.97 Å². The molecule has 7 heteroatoms. The molecule has 1 amide bonds. The number of carboxylic acids is 1. The number of nitrogens with one attached hydrogen (secondary N) is 1. The standard InChI is InChI=1S/C11H16N2O4S/c1-3-12-4-6-8(11(16)17)13-9(15)7(5(2)14)10(13)18-6/h5,7,10,12,14H,3-4H2,1-2H3,(H,16,17)/t5-,7+,10-/m1/s1. The summed E-state index contributed by atoms with van der Waals surface area (Å²) in [5, 5.41) is 21.5. The number of hydrogen-bond acceptors (Lipinski definition) is 5. The second kappa shape index (κ2) is 4.91. The average Bonchev–Trinajstić information content (AvgIpc) is 2.60. The van der Waals surface area contributed by atoms with Crippen LogP contribution in [0.4, 0.5) is 0 Å². The predicted molar refractivity (Wildman–Crippen MR) is 66.6 cm³/mol. The van der Waals surface area contributed by atoms with Gasteiger partial charge in [0.25, 0.3) is 0 Å². The molecule has 0 aromatic rings. The molecule has 3 atom stereocenters. The number of likely N-dealkylation sites (N-methyl/N-ethyl adjacent to an activating group) is 1. The number of aliphatic hydroxyl groups is 1. The quantitative estimate of drug-likeness (QED) is 0.601. The number of amides is 1. The number of aliphatic carboxylic acids is 1. The van der Waals surface area contributed by atoms with E-state index in [0.29, 0.717) is 11.4 Å². The van der Waals surface area contributed by atoms with Gasteiger partial charge in [-0.1, -0.05) is 6.92 Å². The van der Waals surface area contributed by atoms with Gasteiger partial charge in [-0.15, -0.1) is 11.8 Å². The number of hydrogen-bond donors (Lipinski definition) is 3. The predicted octanol–water partition coefficient (Wildman–Crippen LogP) is -0.196. The van der Waals surface area contributed by atoms with E-state index in [2.05, 4.69) is 5.32 Å². The first kappa shape index (κ1) is 13.4. The summed E-state index contributed by atoms with van der Waals surface area (Å²) in [4.78, 5) is 25.0. The summed E-state index contributed by atoms with van der Waals surface area (Å²) in [6, 6.07) is 0. The SMILES string of the molecule is CCNCC1=C(C(=O)O)N2C(=O)[C@H]([C@@H](C)O)[C@H]2S1. The molecule has 100 valence electrons. The maximum atomic E-state index is 11.9. The molecule has 2 aliphatic rings. The first-order chi connectivity index (χ1) is 8.49. The largest absolute Gasteiger partial charge is 0.477 e. The van der Waals surface area contributed by atoms with Gasteiger partial charge in [-0.25, -0.2) is 4.79 Å². The lowest BCUT2D eigenvalue weighted by Gasteiger charge is -2.43. The van der Waals surface area contributed by atoms with Crippen molar-refractivity contribution in [2.45, 2.75) is 25.3 Å². The normalized spacial score (nSPS) is 28.2. The summed E-state index contributed by atoms with van der Waals surface area (Å²) in [5.41, 5.74) is 0.0628. The van der Waals surface area contributed by atoms with Crippen molar-refractivity contribution in [2.24, 2.45) is 5.92 Å². The highest BCUT2D eigenvalue weighted by Crippen LogP contribution is 2.49. The van der Waals surface area contributed by atoms with Crippen LogP contribution < -0.4 is 5.32 Å². The molecular weight excluding hydrogens is 256 g/mol. The van der Waals surface area contributed by atoms with Crippen molar-refractivity contribution in [1.29, 1.82) is 0 Å². The summed E-state index contributed by atoms with van der Waals surface area (Å²) < 4.78 is 0. The molecule has 3 N–H and O–H groups in total. The van der Waals surface area contributed by atoms with Crippen LogP contribution >= 0.6 is 11.8 Å². The Kier molecular flexibility index (Phi) is 3.65. The molecule has 0 saturated carbocycles. The van der Waals surface area contributed by atoms with Crippen LogP contribution in [-0.2, 0) is 9.59 Å². The Bertz CT molecular complexity index is 421. The molecule has 0 aromatic carbocycles. The Morgan fingerprint density at radius 1 is 1.61 bits per heavy atom. The maximum Gasteiger partial charge on any atom is 0.353 e. The van der Waals surface area contributed by atoms with Crippen molar-refractivity contribution in [1.82, 2.24) is 10.2 Å². The number of nitrogens with zero attached hydrogens (tertiary/aromatic N) is 1. The van der Waals surface area contributed by atoms with E-state index in [4.69, 9.17) is 0 Å². The van der Waals surface area contributed by atoms with E-state index < -0.39 is 18.0 Å². The van der Waals surface area contributed by atoms with E-state index in [1.54, 1.807) is 6.92 Å². The molecule has 2 rings (SSSR count). The monoisotopic (exact) mass is 272 g/mol. The third-order valence-electron chi connectivity index (χ3n) is 3.11. The fourth-order valence-corrected chi connectivity index (χ4v) is 3.80. The van der Waals surface area contributed by atoms with Crippen LogP contribution in [0.25, 0.3) is 0 Å². The Labute approximate surface area is 109 Å². The highest BCUT2D eigenvalue weighted by Gasteiger charge is 2.57. The van der Waals surface area contributed by atoms with Gasteiger partial charge in [0.05, 0.1) is 12.0 Å². The van der Waals surface area contributed by atoms with E-state index >= 15 is 0 Å². The van der Waals surface area contributed by atoms with Crippen LogP contribution in [0.5, 0.6) is 0 Å². The molecule has 6 nitrogen and oxygen atoms in total. The van der Waals surface area contributed by atoms with Crippen LogP contribution in [-0.4, -0.2) is 51.6 Å². The minimum absolute atomic E-state index is 0.0628. The molecule has 1 saturated heterocycles. The highest BCUT2D eigenvalue weighted by atomic mass is 32.2. The van der Waals surface area contributed by atoms with Crippen LogP contribution in [0.1, 0.15) is 13.8 Å². The lowest BCUT2D eigenvalue weighted by atomic mass is 9.92. The van der Waals surface area contributed by atoms with E-state index in [1.807, 2.05) is 6.92 Å². The number of aliphatic hydroxyl groups excluding tert-OH is 1. The van der Waals surface area contributed by atoms with E-state index in [9.17, 15) is 19.8 Å². The second-order valence-electron chi connectivity index (χ2n) is 4.34. The first-order valence-electron chi connectivity index (χ1n) is 5.84. The zero-order valence-corrected chi connectivity index (χ0v) is 11.0. The number of carbonyl (C=O) groups is 2. The molecule has 0 aromatic heterocycles. The van der Waals surface area contributed by atoms with Crippen molar-refractivity contribution in [2.75, 3.05) is 13.1 Å². The Balaban J connectivity index is 2.21. The zero-order chi connectivity index (χ0) is 13.4. The van der Waals surface area contributed by atoms with Crippen LogP contribution in [0, 0.1) is 5.92 Å². The van der Waals surface area contributed by atoms with Gasteiger partial charge in [-0.3, -0.25) is 9.69 Å². The summed E-state index contributed by atoms with van der Waals surface area (Å²) in [5.74, 6) is -1.88. The molecular formula is C11H16N2O4S. The molecule has 0 bridgehead atoms. The van der Waals surface area contributed by atoms with E-state index in [0.717, 1.165) is 6.54 Å². The Hall–Kier alpha value is -1.05. The zero-order valence-electron chi connectivity index (χ0n) is 10.2. The Morgan fingerprint density at radius 3 is 2.78 bits per heavy atom. The van der Waals surface area contributed by atoms with Crippen molar-refractivity contribution >= 4 is 23.6 Å². The third kappa shape index (κ3) is 1.92. The number of carboxylic acid groups (broad SMARTS) is 1. The molecule has 0 spiro atoms. The summed E-state index contributed by atoms with van der Waals surface area (Å²) in [6.07, 6.45) is -0.750. The summed E-state index contributed by atoms with van der Waals surface area (Å²) in [6.45, 7) is 4.66. The minimum atomic E-state index is -1.09. The Morgan fingerprint density at radius 2 is 2.28 bits per heavy atom. The van der Waals surface area contributed by atoms with E-state index in [-0.39, 0.29) is 17.0 Å². The molecule has 18 heavy (non-hydrogen) atoms. The summed E-state index contributed by atoms with van der Waals surface area (Å²) >= 11 is 1.36. The fraction of sp³-hybridized carbons (Fsp3) is 0.636. The lowest BCUT2D eigenvalue weighted by molar-refractivity contribution is -0.156. The van der Waals surface area contributed by atoms with E-state index in [1.165, 1.54) is 16.7 Å². The number of fused-ring (bicyclic) bond motifs is 1. The molecule has 0 aliphatic carbocycles. The van der Waals surface area contributed by atoms with Gasteiger partial charge in [-0.2, -0.15) is 0 Å². The van der Waals surface area contributed by atoms with Crippen LogP contribution in [0.2, 0.25) is 0 Å². The topological polar surface area (TPSA) is 89.9 Å². The van der Waals surface area contributed by atoms with Gasteiger partial charge in [0.2, 0.25) is 5.91 Å². The van der Waals surface area contributed by atoms with Crippen LogP contribution in [0.15, 0.2) is 10.6 Å². The first-order valence-corrected chi connectivity index (χ1v) is 6.72.